The molecule has 0 aliphatic rings. The molecule has 0 spiro atoms. The molecule has 0 aliphatic heterocycles. The minimum absolute atomic E-state index is 0.212. The highest BCUT2D eigenvalue weighted by Gasteiger charge is 2.29. The summed E-state index contributed by atoms with van der Waals surface area (Å²) >= 11 is 0. The zero-order chi connectivity index (χ0) is 18.3. The van der Waals surface area contributed by atoms with E-state index >= 15 is 0 Å². The Hall–Kier alpha value is -2.83. The number of amides is 1. The largest absolute Gasteiger partial charge is 0.484 e. The van der Waals surface area contributed by atoms with Gasteiger partial charge in [-0.15, -0.1) is 0 Å². The van der Waals surface area contributed by atoms with Crippen molar-refractivity contribution in [2.45, 2.75) is 19.5 Å². The van der Waals surface area contributed by atoms with Crippen molar-refractivity contribution in [3.8, 4) is 5.75 Å². The molecule has 1 N–H and O–H groups in total. The molecule has 0 fully saturated rings. The number of nitrogens with one attached hydrogen (secondary N) is 1. The first-order valence-electron chi connectivity index (χ1n) is 7.59. The summed E-state index contributed by atoms with van der Waals surface area (Å²) in [5.74, 6) is 0.0989. The Morgan fingerprint density at radius 1 is 1.12 bits per heavy atom. The first kappa shape index (κ1) is 18.5. The molecule has 0 aromatic heterocycles. The predicted molar refractivity (Wildman–Crippen MR) is 88.5 cm³/mol. The topological polar surface area (TPSA) is 50.7 Å². The van der Waals surface area contributed by atoms with Crippen molar-refractivity contribution in [1.82, 2.24) is 5.43 Å². The second-order valence-electron chi connectivity index (χ2n) is 5.20. The molecule has 0 saturated carbocycles. The Morgan fingerprint density at radius 3 is 2.32 bits per heavy atom. The molecule has 0 unspecified atom stereocenters. The van der Waals surface area contributed by atoms with E-state index in [0.717, 1.165) is 24.1 Å². The maximum atomic E-state index is 12.4. The number of alkyl halides is 3. The number of hydrazone groups is 1. The Kier molecular flexibility index (Phi) is 6.16. The highest BCUT2D eigenvalue weighted by molar-refractivity contribution is 5.82. The van der Waals surface area contributed by atoms with E-state index in [9.17, 15) is 18.0 Å². The summed E-state index contributed by atoms with van der Waals surface area (Å²) in [7, 11) is 0. The van der Waals surface area contributed by atoms with Gasteiger partial charge in [0, 0.05) is 0 Å². The Labute approximate surface area is 143 Å². The molecule has 4 nitrogen and oxygen atoms in total. The van der Waals surface area contributed by atoms with E-state index in [1.54, 1.807) is 12.1 Å². The number of carbonyl (C=O) groups is 1. The van der Waals surface area contributed by atoms with Crippen LogP contribution in [0.3, 0.4) is 0 Å². The normalized spacial score (nSPS) is 11.5. The van der Waals surface area contributed by atoms with Gasteiger partial charge in [0.15, 0.2) is 6.61 Å². The van der Waals surface area contributed by atoms with Crippen LogP contribution in [0.15, 0.2) is 53.6 Å². The van der Waals surface area contributed by atoms with Gasteiger partial charge in [0.1, 0.15) is 5.75 Å². The monoisotopic (exact) mass is 350 g/mol. The Balaban J connectivity index is 1.79. The minimum atomic E-state index is -4.38. The number of aryl methyl sites for hydroxylation is 1. The van der Waals surface area contributed by atoms with Gasteiger partial charge in [-0.3, -0.25) is 4.79 Å². The van der Waals surface area contributed by atoms with Crippen molar-refractivity contribution in [3.63, 3.8) is 0 Å². The number of ether oxygens (including phenoxy) is 1. The van der Waals surface area contributed by atoms with Crippen molar-refractivity contribution in [3.05, 3.63) is 65.2 Å². The second kappa shape index (κ2) is 8.32. The molecule has 0 radical (unpaired) electrons. The summed E-state index contributed by atoms with van der Waals surface area (Å²) in [6.07, 6.45) is -2.20. The number of nitrogens with zero attached hydrogens (tertiary/aromatic N) is 1. The fraction of sp³-hybridized carbons (Fsp3) is 0.222. The van der Waals surface area contributed by atoms with Gasteiger partial charge < -0.3 is 4.74 Å². The van der Waals surface area contributed by atoms with Crippen LogP contribution in [0.5, 0.6) is 5.75 Å². The molecule has 1 amide bonds. The lowest BCUT2D eigenvalue weighted by Crippen LogP contribution is -2.24. The van der Waals surface area contributed by atoms with E-state index < -0.39 is 17.6 Å². The average molecular weight is 350 g/mol. The van der Waals surface area contributed by atoms with Crippen LogP contribution in [0.2, 0.25) is 0 Å². The molecule has 0 heterocycles. The van der Waals surface area contributed by atoms with Crippen molar-refractivity contribution < 1.29 is 22.7 Å². The van der Waals surface area contributed by atoms with E-state index in [1.807, 2.05) is 19.1 Å². The smallest absolute Gasteiger partial charge is 0.416 e. The van der Waals surface area contributed by atoms with Crippen LogP contribution in [0.1, 0.15) is 23.6 Å². The quantitative estimate of drug-likeness (QED) is 0.636. The Morgan fingerprint density at radius 2 is 1.76 bits per heavy atom. The fourth-order valence-electron chi connectivity index (χ4n) is 1.94. The summed E-state index contributed by atoms with van der Waals surface area (Å²) in [6, 6.07) is 11.8. The van der Waals surface area contributed by atoms with Crippen LogP contribution in [-0.4, -0.2) is 18.7 Å². The molecule has 7 heteroatoms. The molecule has 25 heavy (non-hydrogen) atoms. The molecule has 0 aliphatic carbocycles. The predicted octanol–water partition coefficient (Wildman–Crippen LogP) is 3.80. The summed E-state index contributed by atoms with van der Waals surface area (Å²) < 4.78 is 42.6. The van der Waals surface area contributed by atoms with Gasteiger partial charge in [0.25, 0.3) is 5.91 Å². The van der Waals surface area contributed by atoms with E-state index in [-0.39, 0.29) is 6.61 Å². The van der Waals surface area contributed by atoms with Crippen LogP contribution in [0.25, 0.3) is 0 Å². The summed E-state index contributed by atoms with van der Waals surface area (Å²) in [6.45, 7) is 1.83. The fourth-order valence-corrected chi connectivity index (χ4v) is 1.94. The molecular weight excluding hydrogens is 333 g/mol. The van der Waals surface area contributed by atoms with Gasteiger partial charge in [-0.2, -0.15) is 18.3 Å². The SMILES string of the molecule is CCc1ccc(OCC(=O)N/N=C/c2ccc(C(F)(F)F)cc2)cc1. The second-order valence-corrected chi connectivity index (χ2v) is 5.20. The first-order valence-corrected chi connectivity index (χ1v) is 7.59. The third kappa shape index (κ3) is 5.95. The van der Waals surface area contributed by atoms with Crippen LogP contribution < -0.4 is 10.2 Å². The lowest BCUT2D eigenvalue weighted by atomic mass is 10.1. The molecule has 132 valence electrons. The molecule has 0 bridgehead atoms. The van der Waals surface area contributed by atoms with Gasteiger partial charge in [0.05, 0.1) is 11.8 Å². The van der Waals surface area contributed by atoms with E-state index in [2.05, 4.69) is 10.5 Å². The number of carbonyl (C=O) groups excluding carboxylic acids is 1. The van der Waals surface area contributed by atoms with Crippen LogP contribution >= 0.6 is 0 Å². The average Bonchev–Trinajstić information content (AvgIpc) is 2.60. The number of halogens is 3. The first-order chi connectivity index (χ1) is 11.9. The molecule has 0 saturated heterocycles. The zero-order valence-corrected chi connectivity index (χ0v) is 13.5. The standard InChI is InChI=1S/C18H17F3N2O2/c1-2-13-5-9-16(10-6-13)25-12-17(24)23-22-11-14-3-7-15(8-4-14)18(19,20)21/h3-11H,2,12H2,1H3,(H,23,24)/b22-11+. The molecule has 2 rings (SSSR count). The maximum absolute atomic E-state index is 12.4. The number of hydrogen-bond acceptors (Lipinski definition) is 3. The van der Waals surface area contributed by atoms with E-state index in [0.29, 0.717) is 11.3 Å². The van der Waals surface area contributed by atoms with Gasteiger partial charge in [0.2, 0.25) is 0 Å². The third-order valence-electron chi connectivity index (χ3n) is 3.34. The number of rotatable bonds is 6. The van der Waals surface area contributed by atoms with Crippen LogP contribution in [0.4, 0.5) is 13.2 Å². The third-order valence-corrected chi connectivity index (χ3v) is 3.34. The summed E-state index contributed by atoms with van der Waals surface area (Å²) in [5.41, 5.74) is 3.11. The van der Waals surface area contributed by atoms with Gasteiger partial charge in [-0.05, 0) is 41.8 Å². The lowest BCUT2D eigenvalue weighted by Gasteiger charge is -2.06. The van der Waals surface area contributed by atoms with Gasteiger partial charge in [-0.25, -0.2) is 5.43 Å². The highest BCUT2D eigenvalue weighted by atomic mass is 19.4. The maximum Gasteiger partial charge on any atom is 0.416 e. The molecule has 2 aromatic carbocycles. The molecule has 2 aromatic rings. The number of hydrogen-bond donors (Lipinski definition) is 1. The zero-order valence-electron chi connectivity index (χ0n) is 13.5. The van der Waals surface area contributed by atoms with Gasteiger partial charge >= 0.3 is 6.18 Å². The Bertz CT molecular complexity index is 723. The van der Waals surface area contributed by atoms with Gasteiger partial charge in [-0.1, -0.05) is 31.2 Å². The van der Waals surface area contributed by atoms with Crippen molar-refractivity contribution in [2.75, 3.05) is 6.61 Å². The lowest BCUT2D eigenvalue weighted by molar-refractivity contribution is -0.137. The van der Waals surface area contributed by atoms with Crippen LogP contribution in [0, 0.1) is 0 Å². The summed E-state index contributed by atoms with van der Waals surface area (Å²) in [5, 5.41) is 3.69. The van der Waals surface area contributed by atoms with Crippen molar-refractivity contribution >= 4 is 12.1 Å². The summed E-state index contributed by atoms with van der Waals surface area (Å²) in [4.78, 5) is 11.6. The number of benzene rings is 2. The van der Waals surface area contributed by atoms with Crippen molar-refractivity contribution in [2.24, 2.45) is 5.10 Å². The minimum Gasteiger partial charge on any atom is -0.484 e. The van der Waals surface area contributed by atoms with Crippen LogP contribution in [-0.2, 0) is 17.4 Å². The molecular formula is C18H17F3N2O2. The molecule has 0 atom stereocenters. The van der Waals surface area contributed by atoms with Crippen molar-refractivity contribution in [1.29, 1.82) is 0 Å². The van der Waals surface area contributed by atoms with E-state index in [4.69, 9.17) is 4.74 Å². The van der Waals surface area contributed by atoms with E-state index in [1.165, 1.54) is 18.3 Å². The highest BCUT2D eigenvalue weighted by Crippen LogP contribution is 2.28.